The molecule has 5 nitrogen and oxygen atoms in total. The van der Waals surface area contributed by atoms with Crippen molar-refractivity contribution in [3.05, 3.63) is 29.6 Å². The topological polar surface area (TPSA) is 58.6 Å². The molecule has 0 aliphatic carbocycles. The van der Waals surface area contributed by atoms with Crippen LogP contribution in [0.3, 0.4) is 0 Å². The molecule has 0 radical (unpaired) electrons. The van der Waals surface area contributed by atoms with Crippen LogP contribution in [0.5, 0.6) is 5.75 Å². The number of nitrogens with zero attached hydrogens (tertiary/aromatic N) is 1. The summed E-state index contributed by atoms with van der Waals surface area (Å²) in [5, 5.41) is 2.48. The van der Waals surface area contributed by atoms with Crippen molar-refractivity contribution >= 4 is 11.8 Å². The summed E-state index contributed by atoms with van der Waals surface area (Å²) in [5.41, 5.74) is 0.521. The maximum atomic E-state index is 13.4. The van der Waals surface area contributed by atoms with Crippen LogP contribution in [0.1, 0.15) is 5.56 Å². The summed E-state index contributed by atoms with van der Waals surface area (Å²) in [5.74, 6) is -0.918. The lowest BCUT2D eigenvalue weighted by Crippen LogP contribution is -2.36. The van der Waals surface area contributed by atoms with Crippen molar-refractivity contribution in [2.45, 2.75) is 6.42 Å². The van der Waals surface area contributed by atoms with E-state index in [2.05, 4.69) is 5.32 Å². The average molecular weight is 268 g/mol. The highest BCUT2D eigenvalue weighted by molar-refractivity contribution is 5.85. The third-order valence-corrected chi connectivity index (χ3v) is 2.52. The van der Waals surface area contributed by atoms with E-state index in [1.165, 1.54) is 24.1 Å². The van der Waals surface area contributed by atoms with Gasteiger partial charge < -0.3 is 15.0 Å². The summed E-state index contributed by atoms with van der Waals surface area (Å²) in [6.45, 7) is -0.0650. The molecule has 0 spiro atoms. The van der Waals surface area contributed by atoms with Gasteiger partial charge in [0.1, 0.15) is 0 Å². The number of methoxy groups -OCH3 is 1. The zero-order chi connectivity index (χ0) is 14.4. The minimum Gasteiger partial charge on any atom is -0.494 e. The van der Waals surface area contributed by atoms with Gasteiger partial charge in [-0.2, -0.15) is 0 Å². The zero-order valence-electron chi connectivity index (χ0n) is 11.2. The van der Waals surface area contributed by atoms with Crippen LogP contribution < -0.4 is 10.1 Å². The predicted molar refractivity (Wildman–Crippen MR) is 68.4 cm³/mol. The first-order valence-corrected chi connectivity index (χ1v) is 5.73. The smallest absolute Gasteiger partial charge is 0.241 e. The summed E-state index contributed by atoms with van der Waals surface area (Å²) in [7, 11) is 4.58. The van der Waals surface area contributed by atoms with Crippen LogP contribution in [0.15, 0.2) is 18.2 Å². The number of halogens is 1. The summed E-state index contributed by atoms with van der Waals surface area (Å²) in [4.78, 5) is 24.2. The van der Waals surface area contributed by atoms with Gasteiger partial charge in [-0.15, -0.1) is 0 Å². The molecular formula is C13H17FN2O3. The van der Waals surface area contributed by atoms with Gasteiger partial charge in [0, 0.05) is 14.1 Å². The maximum absolute atomic E-state index is 13.4. The van der Waals surface area contributed by atoms with Gasteiger partial charge in [0.2, 0.25) is 11.8 Å². The molecule has 0 fully saturated rings. The van der Waals surface area contributed by atoms with Crippen LogP contribution in [-0.2, 0) is 16.0 Å². The second kappa shape index (κ2) is 6.72. The van der Waals surface area contributed by atoms with Gasteiger partial charge >= 0.3 is 0 Å². The average Bonchev–Trinajstić information content (AvgIpc) is 2.36. The number of amides is 2. The SMILES string of the molecule is COc1ccc(CC(=O)NCC(=O)N(C)C)cc1F. The lowest BCUT2D eigenvalue weighted by molar-refractivity contribution is -0.130. The van der Waals surface area contributed by atoms with Crippen molar-refractivity contribution in [3.63, 3.8) is 0 Å². The molecule has 0 saturated carbocycles. The summed E-state index contributed by atoms with van der Waals surface area (Å²) < 4.78 is 18.2. The Labute approximate surface area is 111 Å². The molecule has 0 aromatic heterocycles. The molecule has 1 aromatic rings. The van der Waals surface area contributed by atoms with Crippen LogP contribution in [0.4, 0.5) is 4.39 Å². The molecule has 1 rings (SSSR count). The Morgan fingerprint density at radius 3 is 2.58 bits per heavy atom. The molecule has 0 atom stereocenters. The Morgan fingerprint density at radius 2 is 2.05 bits per heavy atom. The molecule has 0 aliphatic rings. The molecule has 2 amide bonds. The normalized spacial score (nSPS) is 9.89. The second-order valence-electron chi connectivity index (χ2n) is 4.21. The van der Waals surface area contributed by atoms with E-state index in [-0.39, 0.29) is 30.5 Å². The van der Waals surface area contributed by atoms with Crippen LogP contribution >= 0.6 is 0 Å². The van der Waals surface area contributed by atoms with E-state index >= 15 is 0 Å². The number of carbonyl (C=O) groups is 2. The minimum absolute atomic E-state index is 0.0155. The fourth-order valence-corrected chi connectivity index (χ4v) is 1.40. The quantitative estimate of drug-likeness (QED) is 0.850. The molecule has 0 unspecified atom stereocenters. The molecule has 1 N–H and O–H groups in total. The van der Waals surface area contributed by atoms with E-state index in [0.29, 0.717) is 5.56 Å². The predicted octanol–water partition coefficient (Wildman–Crippen LogP) is 0.581. The second-order valence-corrected chi connectivity index (χ2v) is 4.21. The van der Waals surface area contributed by atoms with Crippen LogP contribution in [-0.4, -0.2) is 44.5 Å². The number of likely N-dealkylation sites (N-methyl/N-ethyl adjacent to an activating group) is 1. The maximum Gasteiger partial charge on any atom is 0.241 e. The monoisotopic (exact) mass is 268 g/mol. The molecule has 6 heteroatoms. The van der Waals surface area contributed by atoms with Crippen molar-refractivity contribution in [3.8, 4) is 5.75 Å². The Hall–Kier alpha value is -2.11. The first-order valence-electron chi connectivity index (χ1n) is 5.73. The van der Waals surface area contributed by atoms with Crippen molar-refractivity contribution < 1.29 is 18.7 Å². The van der Waals surface area contributed by atoms with Crippen LogP contribution in [0.2, 0.25) is 0 Å². The highest BCUT2D eigenvalue weighted by atomic mass is 19.1. The standard InChI is InChI=1S/C13H17FN2O3/c1-16(2)13(18)8-15-12(17)7-9-4-5-11(19-3)10(14)6-9/h4-6H,7-8H2,1-3H3,(H,15,17). The van der Waals surface area contributed by atoms with Gasteiger partial charge in [-0.1, -0.05) is 6.07 Å². The molecular weight excluding hydrogens is 251 g/mol. The Kier molecular flexibility index (Phi) is 5.29. The van der Waals surface area contributed by atoms with Gasteiger partial charge in [0.05, 0.1) is 20.1 Å². The highest BCUT2D eigenvalue weighted by Gasteiger charge is 2.09. The van der Waals surface area contributed by atoms with E-state index < -0.39 is 5.82 Å². The minimum atomic E-state index is -0.517. The lowest BCUT2D eigenvalue weighted by atomic mass is 10.1. The van der Waals surface area contributed by atoms with Crippen molar-refractivity contribution in [2.24, 2.45) is 0 Å². The summed E-state index contributed by atoms with van der Waals surface area (Å²) in [6, 6.07) is 4.31. The number of ether oxygens (including phenoxy) is 1. The van der Waals surface area contributed by atoms with Crippen molar-refractivity contribution in [1.82, 2.24) is 10.2 Å². The number of nitrogens with one attached hydrogen (secondary N) is 1. The van der Waals surface area contributed by atoms with E-state index in [0.717, 1.165) is 0 Å². The molecule has 0 saturated heterocycles. The molecule has 1 aromatic carbocycles. The van der Waals surface area contributed by atoms with Gasteiger partial charge in [-0.25, -0.2) is 4.39 Å². The van der Waals surface area contributed by atoms with Gasteiger partial charge in [0.25, 0.3) is 0 Å². The van der Waals surface area contributed by atoms with E-state index in [9.17, 15) is 14.0 Å². The number of benzene rings is 1. The largest absolute Gasteiger partial charge is 0.494 e. The summed E-state index contributed by atoms with van der Waals surface area (Å²) >= 11 is 0. The fourth-order valence-electron chi connectivity index (χ4n) is 1.40. The van der Waals surface area contributed by atoms with Gasteiger partial charge in [0.15, 0.2) is 11.6 Å². The van der Waals surface area contributed by atoms with Crippen molar-refractivity contribution in [1.29, 1.82) is 0 Å². The van der Waals surface area contributed by atoms with Gasteiger partial charge in [-0.3, -0.25) is 9.59 Å². The Morgan fingerprint density at radius 1 is 1.37 bits per heavy atom. The third-order valence-electron chi connectivity index (χ3n) is 2.52. The number of hydrogen-bond donors (Lipinski definition) is 1. The van der Waals surface area contributed by atoms with E-state index in [1.807, 2.05) is 0 Å². The molecule has 104 valence electrons. The first kappa shape index (κ1) is 14.9. The number of rotatable bonds is 5. The highest BCUT2D eigenvalue weighted by Crippen LogP contribution is 2.17. The Bertz CT molecular complexity index is 475. The fraction of sp³-hybridized carbons (Fsp3) is 0.385. The summed E-state index contributed by atoms with van der Waals surface area (Å²) in [6.07, 6.45) is 0.0155. The number of hydrogen-bond acceptors (Lipinski definition) is 3. The molecule has 0 aliphatic heterocycles. The zero-order valence-corrected chi connectivity index (χ0v) is 11.2. The molecule has 0 heterocycles. The van der Waals surface area contributed by atoms with Crippen LogP contribution in [0, 0.1) is 5.82 Å². The Balaban J connectivity index is 2.53. The van der Waals surface area contributed by atoms with E-state index in [1.54, 1.807) is 20.2 Å². The van der Waals surface area contributed by atoms with Crippen molar-refractivity contribution in [2.75, 3.05) is 27.7 Å². The van der Waals surface area contributed by atoms with Gasteiger partial charge in [-0.05, 0) is 17.7 Å². The lowest BCUT2D eigenvalue weighted by Gasteiger charge is -2.11. The molecule has 0 bridgehead atoms. The van der Waals surface area contributed by atoms with E-state index in [4.69, 9.17) is 4.74 Å². The first-order chi connectivity index (χ1) is 8.93. The molecule has 19 heavy (non-hydrogen) atoms. The number of carbonyl (C=O) groups excluding carboxylic acids is 2. The third kappa shape index (κ3) is 4.57. The van der Waals surface area contributed by atoms with Crippen LogP contribution in [0.25, 0.3) is 0 Å².